The highest BCUT2D eigenvalue weighted by Gasteiger charge is 2.10. The SMILES string of the molecule is COCCOc1ccc(C(=O)Nc2cccc(C(N)=O)c2)cc1Br. The first kappa shape index (κ1) is 18.0. The molecule has 2 amide bonds. The molecular weight excluding hydrogens is 376 g/mol. The van der Waals surface area contributed by atoms with E-state index in [2.05, 4.69) is 21.2 Å². The molecule has 3 N–H and O–H groups in total. The van der Waals surface area contributed by atoms with E-state index in [0.29, 0.717) is 40.3 Å². The van der Waals surface area contributed by atoms with E-state index in [-0.39, 0.29) is 5.91 Å². The molecule has 0 radical (unpaired) electrons. The third-order valence-corrected chi connectivity index (χ3v) is 3.76. The number of carbonyl (C=O) groups is 2. The summed E-state index contributed by atoms with van der Waals surface area (Å²) in [6.07, 6.45) is 0. The van der Waals surface area contributed by atoms with E-state index in [9.17, 15) is 9.59 Å². The van der Waals surface area contributed by atoms with E-state index in [1.54, 1.807) is 43.5 Å². The molecule has 0 aliphatic heterocycles. The maximum absolute atomic E-state index is 12.3. The van der Waals surface area contributed by atoms with Crippen molar-refractivity contribution in [2.24, 2.45) is 5.73 Å². The summed E-state index contributed by atoms with van der Waals surface area (Å²) in [6.45, 7) is 0.894. The number of rotatable bonds is 7. The van der Waals surface area contributed by atoms with Gasteiger partial charge in [-0.2, -0.15) is 0 Å². The number of carbonyl (C=O) groups excluding carboxylic acids is 2. The average Bonchev–Trinajstić information content (AvgIpc) is 2.56. The Hall–Kier alpha value is -2.38. The first-order chi connectivity index (χ1) is 11.5. The van der Waals surface area contributed by atoms with Crippen molar-refractivity contribution in [3.05, 3.63) is 58.1 Å². The predicted molar refractivity (Wildman–Crippen MR) is 94.4 cm³/mol. The highest BCUT2D eigenvalue weighted by atomic mass is 79.9. The lowest BCUT2D eigenvalue weighted by Crippen LogP contribution is -2.14. The highest BCUT2D eigenvalue weighted by molar-refractivity contribution is 9.10. The number of anilines is 1. The Morgan fingerprint density at radius 2 is 1.92 bits per heavy atom. The zero-order chi connectivity index (χ0) is 17.5. The zero-order valence-corrected chi connectivity index (χ0v) is 14.6. The lowest BCUT2D eigenvalue weighted by Gasteiger charge is -2.10. The van der Waals surface area contributed by atoms with Crippen molar-refractivity contribution in [1.82, 2.24) is 0 Å². The van der Waals surface area contributed by atoms with Gasteiger partial charge in [0.15, 0.2) is 0 Å². The molecule has 2 rings (SSSR count). The summed E-state index contributed by atoms with van der Waals surface area (Å²) in [5.74, 6) is -0.230. The highest BCUT2D eigenvalue weighted by Crippen LogP contribution is 2.26. The quantitative estimate of drug-likeness (QED) is 0.708. The lowest BCUT2D eigenvalue weighted by atomic mass is 10.1. The molecule has 0 aromatic heterocycles. The van der Waals surface area contributed by atoms with Gasteiger partial charge in [0.25, 0.3) is 5.91 Å². The molecule has 0 spiro atoms. The summed E-state index contributed by atoms with van der Waals surface area (Å²) in [6, 6.07) is 11.5. The summed E-state index contributed by atoms with van der Waals surface area (Å²) in [7, 11) is 1.60. The van der Waals surface area contributed by atoms with Crippen LogP contribution in [0, 0.1) is 0 Å². The second-order valence-electron chi connectivity index (χ2n) is 4.89. The Balaban J connectivity index is 2.08. The standard InChI is InChI=1S/C17H17BrN2O4/c1-23-7-8-24-15-6-5-12(10-14(15)18)17(22)20-13-4-2-3-11(9-13)16(19)21/h2-6,9-10H,7-8H2,1H3,(H2,19,21)(H,20,22). The van der Waals surface area contributed by atoms with Gasteiger partial charge >= 0.3 is 0 Å². The Morgan fingerprint density at radius 1 is 1.12 bits per heavy atom. The summed E-state index contributed by atoms with van der Waals surface area (Å²) >= 11 is 3.38. The number of primary amides is 1. The summed E-state index contributed by atoms with van der Waals surface area (Å²) < 4.78 is 11.1. The van der Waals surface area contributed by atoms with Gasteiger partial charge in [0.2, 0.25) is 5.91 Å². The number of hydrogen-bond donors (Lipinski definition) is 2. The van der Waals surface area contributed by atoms with Crippen LogP contribution in [0.25, 0.3) is 0 Å². The molecule has 0 aliphatic rings. The summed E-state index contributed by atoms with van der Waals surface area (Å²) in [5.41, 5.74) is 6.50. The van der Waals surface area contributed by atoms with Gasteiger partial charge in [-0.15, -0.1) is 0 Å². The number of methoxy groups -OCH3 is 1. The molecule has 2 aromatic rings. The van der Waals surface area contributed by atoms with Crippen molar-refractivity contribution < 1.29 is 19.1 Å². The summed E-state index contributed by atoms with van der Waals surface area (Å²) in [5, 5.41) is 2.72. The van der Waals surface area contributed by atoms with E-state index in [1.807, 2.05) is 0 Å². The number of ether oxygens (including phenoxy) is 2. The van der Waals surface area contributed by atoms with Crippen LogP contribution < -0.4 is 15.8 Å². The molecule has 0 bridgehead atoms. The van der Waals surface area contributed by atoms with E-state index in [0.717, 1.165) is 0 Å². The van der Waals surface area contributed by atoms with Crippen LogP contribution >= 0.6 is 15.9 Å². The number of benzene rings is 2. The van der Waals surface area contributed by atoms with Crippen LogP contribution in [-0.4, -0.2) is 32.1 Å². The molecular formula is C17H17BrN2O4. The molecule has 24 heavy (non-hydrogen) atoms. The molecule has 0 fully saturated rings. The van der Waals surface area contributed by atoms with Crippen LogP contribution in [0.3, 0.4) is 0 Å². The Bertz CT molecular complexity index is 749. The maximum Gasteiger partial charge on any atom is 0.255 e. The van der Waals surface area contributed by atoms with Gasteiger partial charge in [-0.25, -0.2) is 0 Å². The molecule has 0 saturated heterocycles. The first-order valence-corrected chi connectivity index (χ1v) is 7.93. The van der Waals surface area contributed by atoms with Gasteiger partial charge in [-0.3, -0.25) is 9.59 Å². The maximum atomic E-state index is 12.3. The summed E-state index contributed by atoms with van der Waals surface area (Å²) in [4.78, 5) is 23.5. The van der Waals surface area contributed by atoms with Gasteiger partial charge in [-0.05, 0) is 52.3 Å². The topological polar surface area (TPSA) is 90.7 Å². The lowest BCUT2D eigenvalue weighted by molar-refractivity contribution is 0.0996. The largest absolute Gasteiger partial charge is 0.490 e. The third-order valence-electron chi connectivity index (χ3n) is 3.14. The van der Waals surface area contributed by atoms with Crippen LogP contribution in [-0.2, 0) is 4.74 Å². The third kappa shape index (κ3) is 4.81. The second-order valence-corrected chi connectivity index (χ2v) is 5.74. The fraction of sp³-hybridized carbons (Fsp3) is 0.176. The molecule has 0 saturated carbocycles. The monoisotopic (exact) mass is 392 g/mol. The Morgan fingerprint density at radius 3 is 2.58 bits per heavy atom. The molecule has 126 valence electrons. The van der Waals surface area contributed by atoms with Gasteiger partial charge in [0.1, 0.15) is 12.4 Å². The van der Waals surface area contributed by atoms with E-state index in [1.165, 1.54) is 6.07 Å². The van der Waals surface area contributed by atoms with Crippen molar-refractivity contribution in [1.29, 1.82) is 0 Å². The average molecular weight is 393 g/mol. The van der Waals surface area contributed by atoms with Gasteiger partial charge in [0, 0.05) is 23.9 Å². The van der Waals surface area contributed by atoms with Crippen molar-refractivity contribution in [2.75, 3.05) is 25.6 Å². The van der Waals surface area contributed by atoms with Crippen LogP contribution in [0.4, 0.5) is 5.69 Å². The number of halogens is 1. The first-order valence-electron chi connectivity index (χ1n) is 7.14. The van der Waals surface area contributed by atoms with Crippen molar-refractivity contribution in [3.8, 4) is 5.75 Å². The smallest absolute Gasteiger partial charge is 0.255 e. The molecule has 7 heteroatoms. The molecule has 0 aliphatic carbocycles. The fourth-order valence-corrected chi connectivity index (χ4v) is 2.44. The molecule has 0 unspecified atom stereocenters. The van der Waals surface area contributed by atoms with E-state index >= 15 is 0 Å². The second kappa shape index (κ2) is 8.47. The van der Waals surface area contributed by atoms with Crippen LogP contribution in [0.1, 0.15) is 20.7 Å². The van der Waals surface area contributed by atoms with Crippen LogP contribution in [0.2, 0.25) is 0 Å². The zero-order valence-electron chi connectivity index (χ0n) is 13.0. The van der Waals surface area contributed by atoms with Crippen LogP contribution in [0.15, 0.2) is 46.9 Å². The van der Waals surface area contributed by atoms with Crippen molar-refractivity contribution in [3.63, 3.8) is 0 Å². The van der Waals surface area contributed by atoms with E-state index < -0.39 is 5.91 Å². The number of hydrogen-bond acceptors (Lipinski definition) is 4. The van der Waals surface area contributed by atoms with Crippen molar-refractivity contribution >= 4 is 33.4 Å². The van der Waals surface area contributed by atoms with Crippen molar-refractivity contribution in [2.45, 2.75) is 0 Å². The predicted octanol–water partition coefficient (Wildman–Crippen LogP) is 2.83. The van der Waals surface area contributed by atoms with Gasteiger partial charge in [0.05, 0.1) is 11.1 Å². The Labute approximate surface area is 148 Å². The normalized spacial score (nSPS) is 10.2. The van der Waals surface area contributed by atoms with E-state index in [4.69, 9.17) is 15.2 Å². The molecule has 6 nitrogen and oxygen atoms in total. The minimum Gasteiger partial charge on any atom is -0.490 e. The minimum absolute atomic E-state index is 0.305. The van der Waals surface area contributed by atoms with Gasteiger partial charge in [-0.1, -0.05) is 6.07 Å². The molecule has 0 heterocycles. The number of amides is 2. The Kier molecular flexibility index (Phi) is 6.34. The number of nitrogens with one attached hydrogen (secondary N) is 1. The molecule has 2 aromatic carbocycles. The molecule has 0 atom stereocenters. The van der Waals surface area contributed by atoms with Crippen LogP contribution in [0.5, 0.6) is 5.75 Å². The van der Waals surface area contributed by atoms with Gasteiger partial charge < -0.3 is 20.5 Å². The number of nitrogens with two attached hydrogens (primary N) is 1. The fourth-order valence-electron chi connectivity index (χ4n) is 1.95. The minimum atomic E-state index is -0.550.